The largest absolute Gasteiger partial charge is 0.384 e. The van der Waals surface area contributed by atoms with E-state index in [1.807, 2.05) is 0 Å². The molecule has 1 rings (SSSR count). The molecule has 0 saturated heterocycles. The third-order valence-corrected chi connectivity index (χ3v) is 2.09. The first-order valence-corrected chi connectivity index (χ1v) is 4.96. The van der Waals surface area contributed by atoms with Crippen molar-refractivity contribution < 1.29 is 14.3 Å². The van der Waals surface area contributed by atoms with Crippen LogP contribution in [0.3, 0.4) is 0 Å². The summed E-state index contributed by atoms with van der Waals surface area (Å²) in [4.78, 5) is 30.9. The van der Waals surface area contributed by atoms with E-state index in [1.54, 1.807) is 6.92 Å². The first kappa shape index (κ1) is 12.4. The molecule has 5 nitrogen and oxygen atoms in total. The minimum absolute atomic E-state index is 0.136. The number of aromatic nitrogens is 2. The number of ketones is 2. The van der Waals surface area contributed by atoms with E-state index in [9.17, 15) is 9.59 Å². The summed E-state index contributed by atoms with van der Waals surface area (Å²) >= 11 is 0. The van der Waals surface area contributed by atoms with Crippen LogP contribution >= 0.6 is 0 Å². The Hall–Kier alpha value is -1.62. The van der Waals surface area contributed by atoms with Gasteiger partial charge in [0, 0.05) is 25.9 Å². The number of carbonyl (C=O) groups excluding carboxylic acids is 2. The molecule has 1 aromatic heterocycles. The van der Waals surface area contributed by atoms with Crippen molar-refractivity contribution in [2.75, 3.05) is 13.7 Å². The SMILES string of the molecule is COCCC(=O)CC(=O)c1nccnc1C. The fourth-order valence-corrected chi connectivity index (χ4v) is 1.25. The molecule has 5 heteroatoms. The lowest BCUT2D eigenvalue weighted by Crippen LogP contribution is -2.13. The highest BCUT2D eigenvalue weighted by Gasteiger charge is 2.15. The molecule has 0 bridgehead atoms. The standard InChI is InChI=1S/C11H14N2O3/c1-8-11(13-5-4-12-8)10(15)7-9(14)3-6-16-2/h4-5H,3,6-7H2,1-2H3. The maximum Gasteiger partial charge on any atom is 0.190 e. The van der Waals surface area contributed by atoms with Crippen molar-refractivity contribution in [3.8, 4) is 0 Å². The van der Waals surface area contributed by atoms with Crippen LogP contribution in [0, 0.1) is 6.92 Å². The average molecular weight is 222 g/mol. The molecule has 0 spiro atoms. The van der Waals surface area contributed by atoms with Gasteiger partial charge in [0.05, 0.1) is 18.7 Å². The quantitative estimate of drug-likeness (QED) is 0.529. The van der Waals surface area contributed by atoms with Crippen molar-refractivity contribution in [1.82, 2.24) is 9.97 Å². The first-order chi connectivity index (χ1) is 7.65. The Morgan fingerprint density at radius 2 is 2.00 bits per heavy atom. The Morgan fingerprint density at radius 3 is 2.62 bits per heavy atom. The first-order valence-electron chi connectivity index (χ1n) is 4.96. The normalized spacial score (nSPS) is 10.1. The number of nitrogens with zero attached hydrogens (tertiary/aromatic N) is 2. The molecule has 0 N–H and O–H groups in total. The molecular formula is C11H14N2O3. The molecule has 0 fully saturated rings. The monoisotopic (exact) mass is 222 g/mol. The van der Waals surface area contributed by atoms with E-state index >= 15 is 0 Å². The van der Waals surface area contributed by atoms with Crippen LogP contribution in [0.15, 0.2) is 12.4 Å². The van der Waals surface area contributed by atoms with Crippen LogP contribution < -0.4 is 0 Å². The number of Topliss-reactive ketones (excluding diaryl/α,β-unsaturated/α-hetero) is 2. The van der Waals surface area contributed by atoms with E-state index in [1.165, 1.54) is 19.5 Å². The molecule has 1 heterocycles. The number of rotatable bonds is 6. The second-order valence-electron chi connectivity index (χ2n) is 3.37. The lowest BCUT2D eigenvalue weighted by molar-refractivity contribution is -0.119. The van der Waals surface area contributed by atoms with Gasteiger partial charge >= 0.3 is 0 Å². The van der Waals surface area contributed by atoms with Gasteiger partial charge in [-0.25, -0.2) is 4.98 Å². The highest BCUT2D eigenvalue weighted by molar-refractivity contribution is 6.07. The Bertz CT molecular complexity index is 391. The molecule has 1 aromatic rings. The Labute approximate surface area is 93.9 Å². The van der Waals surface area contributed by atoms with Gasteiger partial charge < -0.3 is 4.74 Å². The second kappa shape index (κ2) is 6.07. The Balaban J connectivity index is 2.59. The molecule has 0 aromatic carbocycles. The predicted molar refractivity (Wildman–Crippen MR) is 57.2 cm³/mol. The second-order valence-corrected chi connectivity index (χ2v) is 3.37. The molecular weight excluding hydrogens is 208 g/mol. The summed E-state index contributed by atoms with van der Waals surface area (Å²) in [6.07, 6.45) is 3.07. The molecule has 0 atom stereocenters. The maximum absolute atomic E-state index is 11.7. The van der Waals surface area contributed by atoms with E-state index in [0.29, 0.717) is 12.3 Å². The number of methoxy groups -OCH3 is 1. The van der Waals surface area contributed by atoms with E-state index in [4.69, 9.17) is 4.74 Å². The van der Waals surface area contributed by atoms with E-state index in [-0.39, 0.29) is 30.1 Å². The van der Waals surface area contributed by atoms with Gasteiger partial charge in [0.2, 0.25) is 0 Å². The van der Waals surface area contributed by atoms with Crippen LogP contribution in [-0.4, -0.2) is 35.3 Å². The van der Waals surface area contributed by atoms with Crippen molar-refractivity contribution in [2.24, 2.45) is 0 Å². The molecule has 0 aliphatic rings. The fraction of sp³-hybridized carbons (Fsp3) is 0.455. The highest BCUT2D eigenvalue weighted by atomic mass is 16.5. The van der Waals surface area contributed by atoms with Gasteiger partial charge in [-0.1, -0.05) is 0 Å². The fourth-order valence-electron chi connectivity index (χ4n) is 1.25. The molecule has 16 heavy (non-hydrogen) atoms. The van der Waals surface area contributed by atoms with Crippen LogP contribution in [0.5, 0.6) is 0 Å². The van der Waals surface area contributed by atoms with Crippen molar-refractivity contribution in [3.63, 3.8) is 0 Å². The smallest absolute Gasteiger partial charge is 0.190 e. The average Bonchev–Trinajstić information content (AvgIpc) is 2.26. The summed E-state index contributed by atoms with van der Waals surface area (Å²) in [5, 5.41) is 0. The molecule has 0 saturated carbocycles. The van der Waals surface area contributed by atoms with Crippen LogP contribution in [0.2, 0.25) is 0 Å². The van der Waals surface area contributed by atoms with Crippen LogP contribution in [0.1, 0.15) is 29.0 Å². The molecule has 0 aliphatic heterocycles. The van der Waals surface area contributed by atoms with Gasteiger partial charge in [0.15, 0.2) is 5.78 Å². The summed E-state index contributed by atoms with van der Waals surface area (Å²) in [7, 11) is 1.52. The molecule has 86 valence electrons. The van der Waals surface area contributed by atoms with Gasteiger partial charge in [-0.05, 0) is 6.92 Å². The zero-order valence-electron chi connectivity index (χ0n) is 9.40. The van der Waals surface area contributed by atoms with Crippen molar-refractivity contribution in [3.05, 3.63) is 23.8 Å². The third-order valence-electron chi connectivity index (χ3n) is 2.09. The van der Waals surface area contributed by atoms with Crippen molar-refractivity contribution >= 4 is 11.6 Å². The van der Waals surface area contributed by atoms with Gasteiger partial charge in [-0.2, -0.15) is 0 Å². The van der Waals surface area contributed by atoms with Crippen LogP contribution in [0.4, 0.5) is 0 Å². The van der Waals surface area contributed by atoms with Crippen molar-refractivity contribution in [1.29, 1.82) is 0 Å². The summed E-state index contributed by atoms with van der Waals surface area (Å²) in [5.74, 6) is -0.427. The van der Waals surface area contributed by atoms with E-state index < -0.39 is 0 Å². The molecule has 0 amide bonds. The number of aryl methyl sites for hydroxylation is 1. The zero-order valence-corrected chi connectivity index (χ0v) is 9.40. The zero-order chi connectivity index (χ0) is 12.0. The summed E-state index contributed by atoms with van der Waals surface area (Å²) in [5.41, 5.74) is 0.820. The lowest BCUT2D eigenvalue weighted by Gasteiger charge is -2.02. The van der Waals surface area contributed by atoms with Gasteiger partial charge in [-0.15, -0.1) is 0 Å². The lowest BCUT2D eigenvalue weighted by atomic mass is 10.1. The van der Waals surface area contributed by atoms with Crippen LogP contribution in [0.25, 0.3) is 0 Å². The van der Waals surface area contributed by atoms with E-state index in [2.05, 4.69) is 9.97 Å². The molecule has 0 aliphatic carbocycles. The topological polar surface area (TPSA) is 69.2 Å². The molecule has 0 radical (unpaired) electrons. The third kappa shape index (κ3) is 3.51. The number of ether oxygens (including phenoxy) is 1. The number of carbonyl (C=O) groups is 2. The summed E-state index contributed by atoms with van der Waals surface area (Å²) in [6, 6.07) is 0. The summed E-state index contributed by atoms with van der Waals surface area (Å²) < 4.78 is 4.76. The minimum atomic E-state index is -0.285. The van der Waals surface area contributed by atoms with Gasteiger partial charge in [-0.3, -0.25) is 14.6 Å². The van der Waals surface area contributed by atoms with Crippen LogP contribution in [-0.2, 0) is 9.53 Å². The number of hydrogen-bond donors (Lipinski definition) is 0. The van der Waals surface area contributed by atoms with E-state index in [0.717, 1.165) is 0 Å². The highest BCUT2D eigenvalue weighted by Crippen LogP contribution is 2.05. The Kier molecular flexibility index (Phi) is 4.72. The number of hydrogen-bond acceptors (Lipinski definition) is 5. The van der Waals surface area contributed by atoms with Crippen molar-refractivity contribution in [2.45, 2.75) is 19.8 Å². The minimum Gasteiger partial charge on any atom is -0.384 e. The maximum atomic E-state index is 11.7. The predicted octanol–water partition coefficient (Wildman–Crippen LogP) is 0.963. The Morgan fingerprint density at radius 1 is 1.31 bits per heavy atom. The molecule has 0 unspecified atom stereocenters. The summed E-state index contributed by atoms with van der Waals surface area (Å²) in [6.45, 7) is 2.03. The van der Waals surface area contributed by atoms with Gasteiger partial charge in [0.1, 0.15) is 11.5 Å². The van der Waals surface area contributed by atoms with Gasteiger partial charge in [0.25, 0.3) is 0 Å².